The molecule has 1 aromatic heterocycles. The van der Waals surface area contributed by atoms with Crippen LogP contribution in [0, 0.1) is 5.82 Å². The third kappa shape index (κ3) is 3.29. The van der Waals surface area contributed by atoms with E-state index in [0.717, 1.165) is 37.7 Å². The van der Waals surface area contributed by atoms with Crippen molar-refractivity contribution in [2.75, 3.05) is 7.05 Å². The fraction of sp³-hybridized carbons (Fsp3) is 0.556. The van der Waals surface area contributed by atoms with E-state index < -0.39 is 0 Å². The molecule has 1 N–H and O–H groups in total. The highest BCUT2D eigenvalue weighted by molar-refractivity contribution is 5.33. The summed E-state index contributed by atoms with van der Waals surface area (Å²) in [5, 5.41) is 7.33. The first-order valence-corrected chi connectivity index (χ1v) is 8.40. The zero-order valence-electron chi connectivity index (χ0n) is 13.8. The van der Waals surface area contributed by atoms with Gasteiger partial charge in [0.05, 0.1) is 5.41 Å². The maximum absolute atomic E-state index is 13.8. The Bertz CT molecular complexity index is 649. The van der Waals surface area contributed by atoms with Crippen molar-refractivity contribution in [2.24, 2.45) is 0 Å². The van der Waals surface area contributed by atoms with E-state index in [0.29, 0.717) is 11.7 Å². The van der Waals surface area contributed by atoms with Crippen LogP contribution in [-0.4, -0.2) is 23.2 Å². The minimum Gasteiger partial charge on any atom is -0.338 e. The van der Waals surface area contributed by atoms with E-state index >= 15 is 0 Å². The molecule has 2 aromatic rings. The lowest BCUT2D eigenvalue weighted by atomic mass is 9.69. The van der Waals surface area contributed by atoms with Gasteiger partial charge in [-0.25, -0.2) is 4.39 Å². The fourth-order valence-corrected chi connectivity index (χ4v) is 3.47. The average Bonchev–Trinajstić information content (AvgIpc) is 3.04. The lowest BCUT2D eigenvalue weighted by Crippen LogP contribution is -2.31. The normalized spacial score (nSPS) is 18.7. The second kappa shape index (κ2) is 6.79. The summed E-state index contributed by atoms with van der Waals surface area (Å²) < 4.78 is 19.4. The number of hydrogen-bond acceptors (Lipinski definition) is 4. The Morgan fingerprint density at radius 3 is 2.78 bits per heavy atom. The molecule has 1 saturated carbocycles. The number of aromatic nitrogens is 2. The van der Waals surface area contributed by atoms with Gasteiger partial charge in [-0.1, -0.05) is 36.6 Å². The standard InChI is InChI=1S/C18H24FN3O/c1-13(20-2)11-16-21-17(23-22-16)18(9-4-3-5-10-18)14-7-6-8-15(19)12-14/h6-8,12-13,20H,3-5,9-11H2,1-2H3. The summed E-state index contributed by atoms with van der Waals surface area (Å²) in [7, 11) is 1.92. The van der Waals surface area contributed by atoms with E-state index in [9.17, 15) is 4.39 Å². The second-order valence-corrected chi connectivity index (χ2v) is 6.56. The quantitative estimate of drug-likeness (QED) is 0.915. The maximum Gasteiger partial charge on any atom is 0.237 e. The zero-order chi connectivity index (χ0) is 16.3. The van der Waals surface area contributed by atoms with Crippen LogP contribution in [0.3, 0.4) is 0 Å². The number of nitrogens with zero attached hydrogens (tertiary/aromatic N) is 2. The molecule has 0 amide bonds. The molecule has 0 aliphatic heterocycles. The van der Waals surface area contributed by atoms with Crippen molar-refractivity contribution in [2.45, 2.75) is 56.9 Å². The van der Waals surface area contributed by atoms with Crippen molar-refractivity contribution in [3.63, 3.8) is 0 Å². The van der Waals surface area contributed by atoms with Gasteiger partial charge in [0.15, 0.2) is 5.82 Å². The van der Waals surface area contributed by atoms with Gasteiger partial charge in [0.1, 0.15) is 5.82 Å². The van der Waals surface area contributed by atoms with Gasteiger partial charge in [-0.15, -0.1) is 0 Å². The highest BCUT2D eigenvalue weighted by atomic mass is 19.1. The number of halogens is 1. The van der Waals surface area contributed by atoms with E-state index in [1.807, 2.05) is 13.1 Å². The van der Waals surface area contributed by atoms with Crippen LogP contribution in [0.4, 0.5) is 4.39 Å². The van der Waals surface area contributed by atoms with E-state index in [2.05, 4.69) is 22.4 Å². The van der Waals surface area contributed by atoms with E-state index in [4.69, 9.17) is 4.52 Å². The molecule has 0 radical (unpaired) electrons. The molecule has 23 heavy (non-hydrogen) atoms. The SMILES string of the molecule is CNC(C)Cc1noc(C2(c3cccc(F)c3)CCCCC2)n1. The molecule has 1 fully saturated rings. The molecule has 1 aliphatic rings. The summed E-state index contributed by atoms with van der Waals surface area (Å²) in [5.41, 5.74) is 0.614. The monoisotopic (exact) mass is 317 g/mol. The summed E-state index contributed by atoms with van der Waals surface area (Å²) in [4.78, 5) is 4.66. The zero-order valence-corrected chi connectivity index (χ0v) is 13.8. The first-order valence-electron chi connectivity index (χ1n) is 8.40. The van der Waals surface area contributed by atoms with Crippen LogP contribution in [0.1, 0.15) is 56.3 Å². The molecule has 1 atom stereocenters. The first-order chi connectivity index (χ1) is 11.1. The number of likely N-dealkylation sites (N-methyl/N-ethyl adjacent to an activating group) is 1. The number of rotatable bonds is 5. The first kappa shape index (κ1) is 16.1. The molecule has 3 rings (SSSR count). The highest BCUT2D eigenvalue weighted by Crippen LogP contribution is 2.44. The van der Waals surface area contributed by atoms with Crippen molar-refractivity contribution in [3.05, 3.63) is 47.4 Å². The maximum atomic E-state index is 13.8. The lowest BCUT2D eigenvalue weighted by molar-refractivity contribution is 0.250. The number of hydrogen-bond donors (Lipinski definition) is 1. The minimum atomic E-state index is -0.339. The van der Waals surface area contributed by atoms with E-state index in [-0.39, 0.29) is 17.3 Å². The summed E-state index contributed by atoms with van der Waals surface area (Å²) >= 11 is 0. The summed E-state index contributed by atoms with van der Waals surface area (Å²) in [6.45, 7) is 2.08. The van der Waals surface area contributed by atoms with Crippen LogP contribution < -0.4 is 5.32 Å². The molecule has 1 aliphatic carbocycles. The number of benzene rings is 1. The van der Waals surface area contributed by atoms with E-state index in [1.165, 1.54) is 12.5 Å². The minimum absolute atomic E-state index is 0.212. The summed E-state index contributed by atoms with van der Waals surface area (Å²) in [5.74, 6) is 1.14. The second-order valence-electron chi connectivity index (χ2n) is 6.56. The fourth-order valence-electron chi connectivity index (χ4n) is 3.47. The Morgan fingerprint density at radius 1 is 1.30 bits per heavy atom. The number of nitrogens with one attached hydrogen (secondary N) is 1. The Labute approximate surface area is 136 Å². The molecule has 124 valence electrons. The van der Waals surface area contributed by atoms with Gasteiger partial charge in [-0.05, 0) is 44.5 Å². The Hall–Kier alpha value is -1.75. The van der Waals surface area contributed by atoms with Crippen LogP contribution in [0.5, 0.6) is 0 Å². The van der Waals surface area contributed by atoms with Crippen molar-refractivity contribution >= 4 is 0 Å². The predicted molar refractivity (Wildman–Crippen MR) is 86.8 cm³/mol. The molecule has 0 spiro atoms. The van der Waals surface area contributed by atoms with Crippen molar-refractivity contribution in [1.29, 1.82) is 0 Å². The van der Waals surface area contributed by atoms with Crippen LogP contribution in [-0.2, 0) is 11.8 Å². The lowest BCUT2D eigenvalue weighted by Gasteiger charge is -2.34. The van der Waals surface area contributed by atoms with Crippen LogP contribution in [0.15, 0.2) is 28.8 Å². The van der Waals surface area contributed by atoms with Gasteiger partial charge in [0.2, 0.25) is 5.89 Å². The van der Waals surface area contributed by atoms with Gasteiger partial charge < -0.3 is 9.84 Å². The largest absolute Gasteiger partial charge is 0.338 e. The Balaban J connectivity index is 1.96. The molecule has 1 unspecified atom stereocenters. The highest BCUT2D eigenvalue weighted by Gasteiger charge is 2.41. The van der Waals surface area contributed by atoms with Gasteiger partial charge in [0.25, 0.3) is 0 Å². The van der Waals surface area contributed by atoms with E-state index in [1.54, 1.807) is 12.1 Å². The molecule has 4 nitrogen and oxygen atoms in total. The molecule has 1 heterocycles. The third-order valence-electron chi connectivity index (χ3n) is 4.94. The molecule has 0 bridgehead atoms. The predicted octanol–water partition coefficient (Wildman–Crippen LogP) is 3.61. The van der Waals surface area contributed by atoms with Crippen molar-refractivity contribution < 1.29 is 8.91 Å². The van der Waals surface area contributed by atoms with Gasteiger partial charge >= 0.3 is 0 Å². The summed E-state index contributed by atoms with van der Waals surface area (Å²) in [6, 6.07) is 7.13. The van der Waals surface area contributed by atoms with Crippen molar-refractivity contribution in [1.82, 2.24) is 15.5 Å². The van der Waals surface area contributed by atoms with Gasteiger partial charge in [0, 0.05) is 12.5 Å². The smallest absolute Gasteiger partial charge is 0.237 e. The van der Waals surface area contributed by atoms with Crippen molar-refractivity contribution in [3.8, 4) is 0 Å². The summed E-state index contributed by atoms with van der Waals surface area (Å²) in [6.07, 6.45) is 5.98. The molecular weight excluding hydrogens is 293 g/mol. The molecular formula is C18H24FN3O. The molecule has 0 saturated heterocycles. The average molecular weight is 317 g/mol. The van der Waals surface area contributed by atoms with Crippen LogP contribution in [0.2, 0.25) is 0 Å². The van der Waals surface area contributed by atoms with Crippen LogP contribution >= 0.6 is 0 Å². The molecule has 1 aromatic carbocycles. The topological polar surface area (TPSA) is 51.0 Å². The Morgan fingerprint density at radius 2 is 2.09 bits per heavy atom. The van der Waals surface area contributed by atoms with Crippen LogP contribution in [0.25, 0.3) is 0 Å². The van der Waals surface area contributed by atoms with Gasteiger partial charge in [-0.2, -0.15) is 4.98 Å². The van der Waals surface area contributed by atoms with Gasteiger partial charge in [-0.3, -0.25) is 0 Å². The third-order valence-corrected chi connectivity index (χ3v) is 4.94. The molecule has 5 heteroatoms. The Kier molecular flexibility index (Phi) is 4.76.